The zero-order valence-electron chi connectivity index (χ0n) is 15.5. The summed E-state index contributed by atoms with van der Waals surface area (Å²) in [5.74, 6) is 0.331. The summed E-state index contributed by atoms with van der Waals surface area (Å²) in [6.07, 6.45) is 0. The summed E-state index contributed by atoms with van der Waals surface area (Å²) in [5, 5.41) is 9.06. The van der Waals surface area contributed by atoms with Crippen LogP contribution in [0.1, 0.15) is 33.3 Å². The Labute approximate surface area is 144 Å². The first-order valence-corrected chi connectivity index (χ1v) is 8.05. The highest BCUT2D eigenvalue weighted by Gasteiger charge is 2.27. The second kappa shape index (κ2) is 8.13. The van der Waals surface area contributed by atoms with E-state index in [1.807, 2.05) is 33.8 Å². The molecule has 0 heterocycles. The normalized spacial score (nSPS) is 12.7. The van der Waals surface area contributed by atoms with Crippen LogP contribution in [0.5, 0.6) is 0 Å². The molecule has 1 aromatic carbocycles. The number of amides is 1. The largest absolute Gasteiger partial charge is 0.359 e. The number of nitrogens with one attached hydrogen (secondary N) is 3. The molecule has 5 nitrogen and oxygen atoms in total. The Bertz CT molecular complexity index is 596. The lowest BCUT2D eigenvalue weighted by Crippen LogP contribution is -2.49. The lowest BCUT2D eigenvalue weighted by Gasteiger charge is -2.28. The van der Waals surface area contributed by atoms with Gasteiger partial charge in [0.05, 0.1) is 5.41 Å². The number of halogens is 1. The minimum atomic E-state index is -0.551. The van der Waals surface area contributed by atoms with Gasteiger partial charge in [-0.2, -0.15) is 0 Å². The molecule has 0 unspecified atom stereocenters. The van der Waals surface area contributed by atoms with Gasteiger partial charge < -0.3 is 16.0 Å². The van der Waals surface area contributed by atoms with Crippen LogP contribution in [0.4, 0.5) is 4.39 Å². The van der Waals surface area contributed by atoms with Gasteiger partial charge in [0.25, 0.3) is 0 Å². The van der Waals surface area contributed by atoms with Crippen LogP contribution >= 0.6 is 0 Å². The van der Waals surface area contributed by atoms with Crippen molar-refractivity contribution in [2.24, 2.45) is 10.4 Å². The molecule has 0 saturated heterocycles. The lowest BCUT2D eigenvalue weighted by molar-refractivity contribution is -0.128. The first-order chi connectivity index (χ1) is 11.1. The van der Waals surface area contributed by atoms with Crippen molar-refractivity contribution in [1.82, 2.24) is 16.0 Å². The molecule has 0 aliphatic rings. The quantitative estimate of drug-likeness (QED) is 0.550. The van der Waals surface area contributed by atoms with Crippen molar-refractivity contribution >= 4 is 11.9 Å². The fourth-order valence-corrected chi connectivity index (χ4v) is 2.26. The van der Waals surface area contributed by atoms with Gasteiger partial charge in [-0.05, 0) is 31.5 Å². The molecule has 0 atom stereocenters. The predicted octanol–water partition coefficient (Wildman–Crippen LogP) is 2.04. The van der Waals surface area contributed by atoms with E-state index >= 15 is 0 Å². The van der Waals surface area contributed by atoms with Crippen LogP contribution in [0.15, 0.2) is 29.3 Å². The van der Waals surface area contributed by atoms with E-state index in [1.54, 1.807) is 26.2 Å². The minimum absolute atomic E-state index is 0.0365. The van der Waals surface area contributed by atoms with Crippen molar-refractivity contribution in [1.29, 1.82) is 0 Å². The molecule has 1 rings (SSSR count). The van der Waals surface area contributed by atoms with Crippen molar-refractivity contribution in [3.63, 3.8) is 0 Å². The van der Waals surface area contributed by atoms with E-state index in [2.05, 4.69) is 20.9 Å². The summed E-state index contributed by atoms with van der Waals surface area (Å²) in [7, 11) is 3.30. The number of hydrogen-bond acceptors (Lipinski definition) is 2. The molecular weight excluding hydrogens is 307 g/mol. The monoisotopic (exact) mass is 336 g/mol. The number of guanidine groups is 1. The highest BCUT2D eigenvalue weighted by atomic mass is 19.1. The second-order valence-corrected chi connectivity index (χ2v) is 7.14. The van der Waals surface area contributed by atoms with E-state index in [0.29, 0.717) is 19.0 Å². The van der Waals surface area contributed by atoms with E-state index in [-0.39, 0.29) is 17.1 Å². The first-order valence-electron chi connectivity index (χ1n) is 8.05. The molecule has 0 spiro atoms. The van der Waals surface area contributed by atoms with Gasteiger partial charge in [-0.1, -0.05) is 26.0 Å². The first kappa shape index (κ1) is 19.9. The molecule has 0 aliphatic carbocycles. The number of rotatable bonds is 6. The molecule has 1 aromatic rings. The second-order valence-electron chi connectivity index (χ2n) is 7.14. The van der Waals surface area contributed by atoms with Gasteiger partial charge in [0, 0.05) is 32.6 Å². The molecule has 24 heavy (non-hydrogen) atoms. The Hall–Kier alpha value is -2.11. The Kier molecular flexibility index (Phi) is 6.75. The molecule has 1 amide bonds. The number of aliphatic imine (C=N–C) groups is 1. The van der Waals surface area contributed by atoms with Gasteiger partial charge in [0.2, 0.25) is 5.91 Å². The van der Waals surface area contributed by atoms with Gasteiger partial charge in [-0.3, -0.25) is 9.79 Å². The van der Waals surface area contributed by atoms with Crippen LogP contribution in [0.2, 0.25) is 0 Å². The smallest absolute Gasteiger partial charge is 0.227 e. The van der Waals surface area contributed by atoms with Crippen molar-refractivity contribution in [3.05, 3.63) is 35.6 Å². The summed E-state index contributed by atoms with van der Waals surface area (Å²) >= 11 is 0. The molecule has 134 valence electrons. The Morgan fingerprint density at radius 3 is 2.33 bits per heavy atom. The number of benzene rings is 1. The molecule has 0 aromatic heterocycles. The molecule has 3 N–H and O–H groups in total. The lowest BCUT2D eigenvalue weighted by atomic mass is 9.84. The maximum absolute atomic E-state index is 13.4. The van der Waals surface area contributed by atoms with Gasteiger partial charge in [-0.25, -0.2) is 4.39 Å². The number of carbonyl (C=O) groups is 1. The van der Waals surface area contributed by atoms with Crippen molar-refractivity contribution in [2.75, 3.05) is 27.2 Å². The maximum Gasteiger partial charge on any atom is 0.227 e. The standard InChI is InChI=1S/C18H29FN4O/c1-17(2,13-8-7-9-14(19)10-13)11-22-16(21-6)23-12-18(3,4)15(24)20-5/h7-10H,11-12H2,1-6H3,(H,20,24)(H2,21,22,23). The van der Waals surface area contributed by atoms with E-state index in [1.165, 1.54) is 6.07 Å². The van der Waals surface area contributed by atoms with E-state index in [4.69, 9.17) is 0 Å². The number of hydrogen-bond donors (Lipinski definition) is 3. The predicted molar refractivity (Wildman–Crippen MR) is 96.6 cm³/mol. The van der Waals surface area contributed by atoms with Gasteiger partial charge in [0.15, 0.2) is 5.96 Å². The summed E-state index contributed by atoms with van der Waals surface area (Å²) in [6, 6.07) is 6.61. The van der Waals surface area contributed by atoms with Gasteiger partial charge >= 0.3 is 0 Å². The third kappa shape index (κ3) is 5.51. The van der Waals surface area contributed by atoms with Gasteiger partial charge in [0.1, 0.15) is 5.82 Å². The number of nitrogens with zero attached hydrogens (tertiary/aromatic N) is 1. The zero-order chi connectivity index (χ0) is 18.4. The summed E-state index contributed by atoms with van der Waals surface area (Å²) < 4.78 is 13.4. The molecule has 0 saturated carbocycles. The zero-order valence-corrected chi connectivity index (χ0v) is 15.5. The topological polar surface area (TPSA) is 65.5 Å². The van der Waals surface area contributed by atoms with Crippen LogP contribution in [0, 0.1) is 11.2 Å². The summed E-state index contributed by atoms with van der Waals surface area (Å²) in [6.45, 7) is 8.84. The molecular formula is C18H29FN4O. The Balaban J connectivity index is 2.65. The molecule has 0 fully saturated rings. The third-order valence-corrected chi connectivity index (χ3v) is 4.07. The third-order valence-electron chi connectivity index (χ3n) is 4.07. The van der Waals surface area contributed by atoms with Crippen LogP contribution < -0.4 is 16.0 Å². The summed E-state index contributed by atoms with van der Waals surface area (Å²) in [5.41, 5.74) is 0.0941. The highest BCUT2D eigenvalue weighted by Crippen LogP contribution is 2.22. The maximum atomic E-state index is 13.4. The Morgan fingerprint density at radius 1 is 1.17 bits per heavy atom. The molecule has 0 radical (unpaired) electrons. The van der Waals surface area contributed by atoms with Crippen molar-refractivity contribution in [2.45, 2.75) is 33.1 Å². The summed E-state index contributed by atoms with van der Waals surface area (Å²) in [4.78, 5) is 16.0. The highest BCUT2D eigenvalue weighted by molar-refractivity contribution is 5.84. The van der Waals surface area contributed by atoms with E-state index in [9.17, 15) is 9.18 Å². The molecule has 0 aliphatic heterocycles. The van der Waals surface area contributed by atoms with Crippen molar-refractivity contribution < 1.29 is 9.18 Å². The van der Waals surface area contributed by atoms with Crippen LogP contribution in [0.25, 0.3) is 0 Å². The molecule has 0 bridgehead atoms. The average Bonchev–Trinajstić information content (AvgIpc) is 2.54. The fraction of sp³-hybridized carbons (Fsp3) is 0.556. The fourth-order valence-electron chi connectivity index (χ4n) is 2.26. The number of carbonyl (C=O) groups excluding carboxylic acids is 1. The SMILES string of the molecule is CN=C(NCC(C)(C)C(=O)NC)NCC(C)(C)c1cccc(F)c1. The average molecular weight is 336 g/mol. The van der Waals surface area contributed by atoms with Crippen LogP contribution in [0.3, 0.4) is 0 Å². The van der Waals surface area contributed by atoms with Gasteiger partial charge in [-0.15, -0.1) is 0 Å². The Morgan fingerprint density at radius 2 is 1.79 bits per heavy atom. The van der Waals surface area contributed by atoms with Crippen LogP contribution in [-0.2, 0) is 10.2 Å². The van der Waals surface area contributed by atoms with E-state index in [0.717, 1.165) is 5.56 Å². The van der Waals surface area contributed by atoms with Crippen molar-refractivity contribution in [3.8, 4) is 0 Å². The van der Waals surface area contributed by atoms with E-state index < -0.39 is 5.41 Å². The van der Waals surface area contributed by atoms with Crippen LogP contribution in [-0.4, -0.2) is 39.1 Å². The minimum Gasteiger partial charge on any atom is -0.359 e. The molecule has 6 heteroatoms.